The quantitative estimate of drug-likeness (QED) is 0.885. The van der Waals surface area contributed by atoms with Crippen LogP contribution in [0.3, 0.4) is 0 Å². The number of fused-ring (bicyclic) bond motifs is 1. The van der Waals surface area contributed by atoms with Crippen molar-refractivity contribution in [1.29, 1.82) is 0 Å². The normalized spacial score (nSPS) is 22.5. The number of hydrogen-bond acceptors (Lipinski definition) is 3. The van der Waals surface area contributed by atoms with Crippen LogP contribution in [-0.2, 0) is 16.0 Å². The van der Waals surface area contributed by atoms with E-state index in [0.717, 1.165) is 41.8 Å². The number of rotatable bonds is 3. The van der Waals surface area contributed by atoms with Crippen LogP contribution in [0.15, 0.2) is 18.2 Å². The van der Waals surface area contributed by atoms with Crippen molar-refractivity contribution in [3.63, 3.8) is 0 Å². The van der Waals surface area contributed by atoms with Crippen molar-refractivity contribution in [2.75, 3.05) is 13.2 Å². The molecular weight excluding hydrogens is 323 g/mol. The zero-order chi connectivity index (χ0) is 14.8. The number of carbonyl (C=O) groups is 1. The third kappa shape index (κ3) is 3.57. The topological polar surface area (TPSA) is 64.4 Å². The molecule has 1 fully saturated rings. The second kappa shape index (κ2) is 7.64. The minimum Gasteiger partial charge on any atom is -0.381 e. The van der Waals surface area contributed by atoms with Gasteiger partial charge in [0.15, 0.2) is 0 Å². The predicted octanol–water partition coefficient (Wildman–Crippen LogP) is 2.62. The number of nitrogens with two attached hydrogens (primary N) is 1. The molecule has 1 aliphatic carbocycles. The van der Waals surface area contributed by atoms with Gasteiger partial charge in [0, 0.05) is 18.2 Å². The lowest BCUT2D eigenvalue weighted by atomic mass is 9.91. The average Bonchev–Trinajstić information content (AvgIpc) is 2.92. The Bertz CT molecular complexity index is 533. The molecule has 0 saturated carbocycles. The highest BCUT2D eigenvalue weighted by atomic mass is 35.5. The van der Waals surface area contributed by atoms with E-state index in [9.17, 15) is 4.79 Å². The maximum atomic E-state index is 12.4. The minimum absolute atomic E-state index is 0. The highest BCUT2D eigenvalue weighted by Crippen LogP contribution is 2.35. The van der Waals surface area contributed by atoms with Crippen LogP contribution in [-0.4, -0.2) is 25.2 Å². The van der Waals surface area contributed by atoms with E-state index >= 15 is 0 Å². The van der Waals surface area contributed by atoms with Gasteiger partial charge in [-0.25, -0.2) is 0 Å². The Morgan fingerprint density at radius 3 is 2.77 bits per heavy atom. The van der Waals surface area contributed by atoms with Crippen molar-refractivity contribution in [1.82, 2.24) is 5.32 Å². The first-order chi connectivity index (χ1) is 10.2. The van der Waals surface area contributed by atoms with Crippen LogP contribution in [0.2, 0.25) is 5.02 Å². The fourth-order valence-corrected chi connectivity index (χ4v) is 3.59. The standard InChI is InChI=1S/C16H21ClN2O2.ClH/c17-13-3-1-2-12-11(13)4-5-14(12)19-16(20)15(18)10-6-8-21-9-7-10;/h1-3,10,14-15H,4-9,18H2,(H,19,20);1H. The summed E-state index contributed by atoms with van der Waals surface area (Å²) >= 11 is 6.20. The Kier molecular flexibility index (Phi) is 6.09. The highest BCUT2D eigenvalue weighted by Gasteiger charge is 2.30. The first-order valence-corrected chi connectivity index (χ1v) is 7.95. The van der Waals surface area contributed by atoms with Crippen LogP contribution in [0.1, 0.15) is 36.4 Å². The Morgan fingerprint density at radius 2 is 2.05 bits per heavy atom. The van der Waals surface area contributed by atoms with Gasteiger partial charge < -0.3 is 15.8 Å². The molecule has 1 saturated heterocycles. The lowest BCUT2D eigenvalue weighted by Gasteiger charge is -2.28. The zero-order valence-electron chi connectivity index (χ0n) is 12.4. The summed E-state index contributed by atoms with van der Waals surface area (Å²) in [5.41, 5.74) is 8.42. The molecule has 1 amide bonds. The lowest BCUT2D eigenvalue weighted by molar-refractivity contribution is -0.125. The van der Waals surface area contributed by atoms with E-state index in [1.807, 2.05) is 18.2 Å². The van der Waals surface area contributed by atoms with E-state index in [4.69, 9.17) is 22.1 Å². The van der Waals surface area contributed by atoms with Gasteiger partial charge in [-0.05, 0) is 48.8 Å². The minimum atomic E-state index is -0.447. The van der Waals surface area contributed by atoms with Gasteiger partial charge in [-0.3, -0.25) is 4.79 Å². The maximum absolute atomic E-state index is 12.4. The molecule has 3 rings (SSSR count). The highest BCUT2D eigenvalue weighted by molar-refractivity contribution is 6.31. The third-order valence-electron chi connectivity index (χ3n) is 4.61. The summed E-state index contributed by atoms with van der Waals surface area (Å²) in [5, 5.41) is 3.89. The molecule has 0 aromatic heterocycles. The SMILES string of the molecule is Cl.NC(C(=O)NC1CCc2c(Cl)cccc21)C1CCOCC1. The van der Waals surface area contributed by atoms with E-state index in [2.05, 4.69) is 5.32 Å². The van der Waals surface area contributed by atoms with Crippen molar-refractivity contribution < 1.29 is 9.53 Å². The summed E-state index contributed by atoms with van der Waals surface area (Å²) in [5.74, 6) is 0.165. The summed E-state index contributed by atoms with van der Waals surface area (Å²) in [6, 6.07) is 5.47. The lowest BCUT2D eigenvalue weighted by Crippen LogP contribution is -2.47. The van der Waals surface area contributed by atoms with Gasteiger partial charge >= 0.3 is 0 Å². The predicted molar refractivity (Wildman–Crippen MR) is 89.4 cm³/mol. The van der Waals surface area contributed by atoms with Gasteiger partial charge in [-0.15, -0.1) is 12.4 Å². The van der Waals surface area contributed by atoms with Crippen LogP contribution in [0, 0.1) is 5.92 Å². The van der Waals surface area contributed by atoms with Crippen LogP contribution in [0.25, 0.3) is 0 Å². The van der Waals surface area contributed by atoms with Gasteiger partial charge in [-0.1, -0.05) is 23.7 Å². The van der Waals surface area contributed by atoms with E-state index in [-0.39, 0.29) is 30.3 Å². The van der Waals surface area contributed by atoms with E-state index in [0.29, 0.717) is 13.2 Å². The van der Waals surface area contributed by atoms with Crippen LogP contribution in [0.5, 0.6) is 0 Å². The summed E-state index contributed by atoms with van der Waals surface area (Å²) in [6.07, 6.45) is 3.53. The van der Waals surface area contributed by atoms with Crippen molar-refractivity contribution in [3.05, 3.63) is 34.3 Å². The Balaban J connectivity index is 0.00000176. The molecule has 1 aromatic rings. The molecular formula is C16H22Cl2N2O2. The molecule has 0 radical (unpaired) electrons. The molecule has 1 aliphatic heterocycles. The Labute approximate surface area is 142 Å². The van der Waals surface area contributed by atoms with Crippen molar-refractivity contribution in [3.8, 4) is 0 Å². The number of halogens is 2. The second-order valence-corrected chi connectivity index (χ2v) is 6.29. The van der Waals surface area contributed by atoms with Crippen molar-refractivity contribution in [2.45, 2.75) is 37.8 Å². The Hall–Kier alpha value is -0.810. The zero-order valence-corrected chi connectivity index (χ0v) is 14.0. The van der Waals surface area contributed by atoms with Gasteiger partial charge in [-0.2, -0.15) is 0 Å². The monoisotopic (exact) mass is 344 g/mol. The number of hydrogen-bond donors (Lipinski definition) is 2. The molecule has 2 atom stereocenters. The molecule has 1 heterocycles. The molecule has 0 spiro atoms. The fraction of sp³-hybridized carbons (Fsp3) is 0.562. The molecule has 22 heavy (non-hydrogen) atoms. The second-order valence-electron chi connectivity index (χ2n) is 5.88. The maximum Gasteiger partial charge on any atom is 0.237 e. The first-order valence-electron chi connectivity index (χ1n) is 7.58. The van der Waals surface area contributed by atoms with Gasteiger partial charge in [0.25, 0.3) is 0 Å². The van der Waals surface area contributed by atoms with E-state index in [1.54, 1.807) is 0 Å². The van der Waals surface area contributed by atoms with Gasteiger partial charge in [0.05, 0.1) is 12.1 Å². The molecule has 6 heteroatoms. The summed E-state index contributed by atoms with van der Waals surface area (Å²) in [7, 11) is 0. The van der Waals surface area contributed by atoms with E-state index in [1.165, 1.54) is 0 Å². The third-order valence-corrected chi connectivity index (χ3v) is 4.96. The smallest absolute Gasteiger partial charge is 0.237 e. The molecule has 1 aromatic carbocycles. The largest absolute Gasteiger partial charge is 0.381 e. The number of benzene rings is 1. The van der Waals surface area contributed by atoms with Crippen LogP contribution >= 0.6 is 24.0 Å². The summed E-state index contributed by atoms with van der Waals surface area (Å²) in [4.78, 5) is 12.4. The first kappa shape index (κ1) is 17.5. The van der Waals surface area contributed by atoms with Gasteiger partial charge in [0.2, 0.25) is 5.91 Å². The molecule has 2 aliphatic rings. The average molecular weight is 345 g/mol. The molecule has 4 nitrogen and oxygen atoms in total. The molecule has 0 bridgehead atoms. The summed E-state index contributed by atoms with van der Waals surface area (Å²) < 4.78 is 5.32. The number of ether oxygens (including phenoxy) is 1. The molecule has 122 valence electrons. The van der Waals surface area contributed by atoms with Gasteiger partial charge in [0.1, 0.15) is 0 Å². The van der Waals surface area contributed by atoms with E-state index < -0.39 is 6.04 Å². The number of carbonyl (C=O) groups excluding carboxylic acids is 1. The number of nitrogens with one attached hydrogen (secondary N) is 1. The molecule has 3 N–H and O–H groups in total. The van der Waals surface area contributed by atoms with Crippen LogP contribution in [0.4, 0.5) is 0 Å². The molecule has 2 unspecified atom stereocenters. The van der Waals surface area contributed by atoms with Crippen molar-refractivity contribution in [2.24, 2.45) is 11.7 Å². The number of amides is 1. The summed E-state index contributed by atoms with van der Waals surface area (Å²) in [6.45, 7) is 1.40. The fourth-order valence-electron chi connectivity index (χ4n) is 3.32. The van der Waals surface area contributed by atoms with Crippen LogP contribution < -0.4 is 11.1 Å². The van der Waals surface area contributed by atoms with Crippen molar-refractivity contribution >= 4 is 29.9 Å². The Morgan fingerprint density at radius 1 is 1.32 bits per heavy atom.